The molecule has 1 N–H and O–H groups in total. The van der Waals surface area contributed by atoms with Crippen molar-refractivity contribution < 1.29 is 0 Å². The van der Waals surface area contributed by atoms with Gasteiger partial charge in [0.05, 0.1) is 6.54 Å². The summed E-state index contributed by atoms with van der Waals surface area (Å²) in [7, 11) is 0. The normalized spacial score (nSPS) is 18.3. The van der Waals surface area contributed by atoms with E-state index in [-0.39, 0.29) is 0 Å². The lowest BCUT2D eigenvalue weighted by atomic mass is 10.1. The lowest BCUT2D eigenvalue weighted by Gasteiger charge is -2.20. The molecule has 1 aromatic rings. The Morgan fingerprint density at radius 2 is 2.00 bits per heavy atom. The zero-order chi connectivity index (χ0) is 13.7. The highest BCUT2D eigenvalue weighted by Crippen LogP contribution is 2.10. The molecule has 0 bridgehead atoms. The second-order valence-corrected chi connectivity index (χ2v) is 5.96. The van der Waals surface area contributed by atoms with Crippen LogP contribution < -0.4 is 5.32 Å². The minimum absolute atomic E-state index is 0.376. The Kier molecular flexibility index (Phi) is 5.34. The van der Waals surface area contributed by atoms with Crippen molar-refractivity contribution in [3.05, 3.63) is 12.2 Å². The van der Waals surface area contributed by atoms with Gasteiger partial charge in [-0.2, -0.15) is 5.10 Å². The summed E-state index contributed by atoms with van der Waals surface area (Å²) in [4.78, 5) is 6.89. The third kappa shape index (κ3) is 4.28. The van der Waals surface area contributed by atoms with Gasteiger partial charge in [0.1, 0.15) is 12.2 Å². The van der Waals surface area contributed by atoms with Gasteiger partial charge in [0.25, 0.3) is 0 Å². The van der Waals surface area contributed by atoms with Crippen LogP contribution in [-0.4, -0.2) is 45.8 Å². The van der Waals surface area contributed by atoms with Gasteiger partial charge in [-0.1, -0.05) is 6.92 Å². The zero-order valence-corrected chi connectivity index (χ0v) is 12.5. The van der Waals surface area contributed by atoms with Gasteiger partial charge in [-0.3, -0.25) is 0 Å². The van der Waals surface area contributed by atoms with Crippen LogP contribution in [0.2, 0.25) is 0 Å². The van der Waals surface area contributed by atoms with Gasteiger partial charge in [0.2, 0.25) is 0 Å². The molecule has 0 saturated carbocycles. The maximum Gasteiger partial charge on any atom is 0.141 e. The monoisotopic (exact) mass is 265 g/mol. The first-order valence-electron chi connectivity index (χ1n) is 7.48. The Morgan fingerprint density at radius 1 is 1.26 bits per heavy atom. The average molecular weight is 265 g/mol. The van der Waals surface area contributed by atoms with E-state index in [1.165, 1.54) is 32.5 Å². The molecule has 0 spiro atoms. The van der Waals surface area contributed by atoms with E-state index in [4.69, 9.17) is 0 Å². The topological polar surface area (TPSA) is 46.0 Å². The minimum Gasteiger partial charge on any atom is -0.310 e. The summed E-state index contributed by atoms with van der Waals surface area (Å²) < 4.78 is 1.98. The molecule has 1 aromatic heterocycles. The van der Waals surface area contributed by atoms with Crippen molar-refractivity contribution in [3.63, 3.8) is 0 Å². The Hall–Kier alpha value is -0.940. The van der Waals surface area contributed by atoms with Gasteiger partial charge in [-0.25, -0.2) is 9.67 Å². The number of likely N-dealkylation sites (tertiary alicyclic amines) is 1. The van der Waals surface area contributed by atoms with E-state index in [0.717, 1.165) is 18.9 Å². The summed E-state index contributed by atoms with van der Waals surface area (Å²) in [6, 6.07) is 0.376. The Bertz CT molecular complexity index is 368. The molecule has 1 atom stereocenters. The molecule has 0 aromatic carbocycles. The number of hydrogen-bond acceptors (Lipinski definition) is 4. The molecule has 2 heterocycles. The maximum absolute atomic E-state index is 4.32. The van der Waals surface area contributed by atoms with Crippen molar-refractivity contribution >= 4 is 0 Å². The standard InChI is InChI=1S/C14H27N5/c1-12(2)19-14(16-11-17-19)9-15-8-13(3)10-18-6-4-5-7-18/h11-13,15H,4-10H2,1-3H3. The van der Waals surface area contributed by atoms with Crippen LogP contribution in [0.3, 0.4) is 0 Å². The van der Waals surface area contributed by atoms with Crippen LogP contribution in [0.25, 0.3) is 0 Å². The van der Waals surface area contributed by atoms with E-state index in [1.54, 1.807) is 6.33 Å². The van der Waals surface area contributed by atoms with E-state index >= 15 is 0 Å². The first-order valence-corrected chi connectivity index (χ1v) is 7.48. The molecule has 1 fully saturated rings. The largest absolute Gasteiger partial charge is 0.310 e. The summed E-state index contributed by atoms with van der Waals surface area (Å²) in [6.07, 6.45) is 4.39. The number of nitrogens with zero attached hydrogens (tertiary/aromatic N) is 4. The first kappa shape index (κ1) is 14.5. The smallest absolute Gasteiger partial charge is 0.141 e. The summed E-state index contributed by atoms with van der Waals surface area (Å²) in [5, 5.41) is 7.76. The van der Waals surface area contributed by atoms with E-state index in [0.29, 0.717) is 12.0 Å². The van der Waals surface area contributed by atoms with E-state index in [1.807, 2.05) is 4.68 Å². The molecular weight excluding hydrogens is 238 g/mol. The highest BCUT2D eigenvalue weighted by molar-refractivity contribution is 4.86. The van der Waals surface area contributed by atoms with E-state index in [9.17, 15) is 0 Å². The van der Waals surface area contributed by atoms with Gasteiger partial charge in [-0.05, 0) is 52.2 Å². The summed E-state index contributed by atoms with van der Waals surface area (Å²) in [6.45, 7) is 12.2. The summed E-state index contributed by atoms with van der Waals surface area (Å²) in [5.74, 6) is 1.72. The second kappa shape index (κ2) is 7.01. The van der Waals surface area contributed by atoms with Crippen LogP contribution in [0.1, 0.15) is 45.5 Å². The molecule has 0 amide bonds. The predicted molar refractivity (Wildman–Crippen MR) is 77.0 cm³/mol. The molecule has 108 valence electrons. The quantitative estimate of drug-likeness (QED) is 0.815. The molecule has 5 nitrogen and oxygen atoms in total. The number of nitrogens with one attached hydrogen (secondary N) is 1. The van der Waals surface area contributed by atoms with Crippen LogP contribution in [0, 0.1) is 5.92 Å². The molecule has 0 aliphatic carbocycles. The van der Waals surface area contributed by atoms with Crippen LogP contribution in [0.15, 0.2) is 6.33 Å². The number of hydrogen-bond donors (Lipinski definition) is 1. The van der Waals surface area contributed by atoms with Crippen LogP contribution in [-0.2, 0) is 6.54 Å². The van der Waals surface area contributed by atoms with Gasteiger partial charge < -0.3 is 10.2 Å². The molecule has 19 heavy (non-hydrogen) atoms. The fourth-order valence-corrected chi connectivity index (χ4v) is 2.73. The van der Waals surface area contributed by atoms with Gasteiger partial charge in [0, 0.05) is 12.6 Å². The lowest BCUT2D eigenvalue weighted by molar-refractivity contribution is 0.282. The SMILES string of the molecule is CC(CNCc1ncnn1C(C)C)CN1CCCC1. The molecule has 1 aliphatic rings. The molecule has 1 unspecified atom stereocenters. The molecule has 2 rings (SSSR count). The molecule has 1 saturated heterocycles. The van der Waals surface area contributed by atoms with Gasteiger partial charge in [-0.15, -0.1) is 0 Å². The predicted octanol–water partition coefficient (Wildman–Crippen LogP) is 1.68. The van der Waals surface area contributed by atoms with Gasteiger partial charge >= 0.3 is 0 Å². The van der Waals surface area contributed by atoms with Crippen LogP contribution in [0.4, 0.5) is 0 Å². The summed E-state index contributed by atoms with van der Waals surface area (Å²) in [5.41, 5.74) is 0. The number of rotatable bonds is 7. The Balaban J connectivity index is 1.69. The fraction of sp³-hybridized carbons (Fsp3) is 0.857. The Morgan fingerprint density at radius 3 is 2.68 bits per heavy atom. The first-order chi connectivity index (χ1) is 9.16. The average Bonchev–Trinajstić information content (AvgIpc) is 2.99. The highest BCUT2D eigenvalue weighted by Gasteiger charge is 2.14. The lowest BCUT2D eigenvalue weighted by Crippen LogP contribution is -2.32. The fourth-order valence-electron chi connectivity index (χ4n) is 2.73. The van der Waals surface area contributed by atoms with Crippen molar-refractivity contribution in [1.82, 2.24) is 25.0 Å². The van der Waals surface area contributed by atoms with Crippen LogP contribution >= 0.6 is 0 Å². The molecule has 5 heteroatoms. The highest BCUT2D eigenvalue weighted by atomic mass is 15.4. The summed E-state index contributed by atoms with van der Waals surface area (Å²) >= 11 is 0. The molecule has 1 aliphatic heterocycles. The second-order valence-electron chi connectivity index (χ2n) is 5.96. The van der Waals surface area contributed by atoms with E-state index in [2.05, 4.69) is 41.1 Å². The molecular formula is C14H27N5. The minimum atomic E-state index is 0.376. The van der Waals surface area contributed by atoms with E-state index < -0.39 is 0 Å². The van der Waals surface area contributed by atoms with Gasteiger partial charge in [0.15, 0.2) is 0 Å². The zero-order valence-electron chi connectivity index (χ0n) is 12.5. The van der Waals surface area contributed by atoms with Crippen molar-refractivity contribution in [1.29, 1.82) is 0 Å². The van der Waals surface area contributed by atoms with Crippen molar-refractivity contribution in [2.45, 2.75) is 46.2 Å². The maximum atomic E-state index is 4.32. The van der Waals surface area contributed by atoms with Crippen molar-refractivity contribution in [3.8, 4) is 0 Å². The third-order valence-electron chi connectivity index (χ3n) is 3.68. The molecule has 0 radical (unpaired) electrons. The third-order valence-corrected chi connectivity index (χ3v) is 3.68. The van der Waals surface area contributed by atoms with Crippen LogP contribution in [0.5, 0.6) is 0 Å². The van der Waals surface area contributed by atoms with Crippen molar-refractivity contribution in [2.24, 2.45) is 5.92 Å². The van der Waals surface area contributed by atoms with Crippen molar-refractivity contribution in [2.75, 3.05) is 26.2 Å². The Labute approximate surface area is 116 Å². The number of aromatic nitrogens is 3.